The van der Waals surface area contributed by atoms with Crippen molar-refractivity contribution in [2.24, 2.45) is 0 Å². The molecule has 0 aromatic carbocycles. The van der Waals surface area contributed by atoms with Gasteiger partial charge in [0.2, 0.25) is 0 Å². The molecular formula is C13H20N4. The van der Waals surface area contributed by atoms with Gasteiger partial charge in [0.15, 0.2) is 0 Å². The van der Waals surface area contributed by atoms with Gasteiger partial charge in [-0.15, -0.1) is 0 Å². The van der Waals surface area contributed by atoms with E-state index in [1.807, 2.05) is 12.3 Å². The summed E-state index contributed by atoms with van der Waals surface area (Å²) in [7, 11) is 0. The van der Waals surface area contributed by atoms with Gasteiger partial charge >= 0.3 is 0 Å². The molecule has 0 radical (unpaired) electrons. The van der Waals surface area contributed by atoms with Crippen molar-refractivity contribution in [1.29, 1.82) is 0 Å². The number of hydrogen-bond acceptors (Lipinski definition) is 4. The van der Waals surface area contributed by atoms with Crippen LogP contribution in [0.15, 0.2) is 18.3 Å². The molecule has 3 rings (SSSR count). The normalized spacial score (nSPS) is 22.5. The highest BCUT2D eigenvalue weighted by molar-refractivity contribution is 5.48. The predicted molar refractivity (Wildman–Crippen MR) is 69.4 cm³/mol. The van der Waals surface area contributed by atoms with Crippen molar-refractivity contribution in [2.45, 2.75) is 13.0 Å². The van der Waals surface area contributed by atoms with E-state index < -0.39 is 0 Å². The lowest BCUT2D eigenvalue weighted by atomic mass is 10.1. The van der Waals surface area contributed by atoms with Crippen molar-refractivity contribution in [3.63, 3.8) is 0 Å². The molecule has 0 bridgehead atoms. The summed E-state index contributed by atoms with van der Waals surface area (Å²) in [5, 5.41) is 3.40. The standard InChI is InChI=1S/C13H20N4/c1-11-3-2-4-15-13(11)17-9-12(10-17)16-7-5-14-6-8-16/h2-4,12,14H,5-10H2,1H3. The fourth-order valence-electron chi connectivity index (χ4n) is 2.71. The molecule has 2 aliphatic heterocycles. The van der Waals surface area contributed by atoms with Gasteiger partial charge in [0, 0.05) is 51.5 Å². The first-order valence-corrected chi connectivity index (χ1v) is 6.46. The SMILES string of the molecule is Cc1cccnc1N1CC(N2CCNCC2)C1. The molecule has 0 saturated carbocycles. The maximum Gasteiger partial charge on any atom is 0.131 e. The number of anilines is 1. The van der Waals surface area contributed by atoms with Gasteiger partial charge < -0.3 is 10.2 Å². The van der Waals surface area contributed by atoms with Crippen molar-refractivity contribution in [1.82, 2.24) is 15.2 Å². The Morgan fingerprint density at radius 2 is 2.06 bits per heavy atom. The average Bonchev–Trinajstić information content (AvgIpc) is 2.31. The van der Waals surface area contributed by atoms with E-state index in [9.17, 15) is 0 Å². The van der Waals surface area contributed by atoms with Crippen LogP contribution in [0, 0.1) is 6.92 Å². The number of nitrogens with zero attached hydrogens (tertiary/aromatic N) is 3. The topological polar surface area (TPSA) is 31.4 Å². The Balaban J connectivity index is 1.59. The number of pyridine rings is 1. The van der Waals surface area contributed by atoms with Gasteiger partial charge in [-0.05, 0) is 18.6 Å². The first-order chi connectivity index (χ1) is 8.34. The zero-order chi connectivity index (χ0) is 11.7. The van der Waals surface area contributed by atoms with Gasteiger partial charge in [0.25, 0.3) is 0 Å². The van der Waals surface area contributed by atoms with Crippen LogP contribution in [0.3, 0.4) is 0 Å². The fourth-order valence-corrected chi connectivity index (χ4v) is 2.71. The Bertz CT molecular complexity index is 381. The maximum atomic E-state index is 4.47. The second-order valence-electron chi connectivity index (χ2n) is 4.99. The van der Waals surface area contributed by atoms with Crippen molar-refractivity contribution < 1.29 is 0 Å². The van der Waals surface area contributed by atoms with Crippen LogP contribution in [-0.2, 0) is 0 Å². The molecular weight excluding hydrogens is 212 g/mol. The minimum atomic E-state index is 0.735. The molecule has 1 N–H and O–H groups in total. The van der Waals surface area contributed by atoms with E-state index in [4.69, 9.17) is 0 Å². The number of rotatable bonds is 2. The molecule has 1 aromatic rings. The minimum Gasteiger partial charge on any atom is -0.353 e. The molecule has 1 aromatic heterocycles. The highest BCUT2D eigenvalue weighted by atomic mass is 15.3. The number of piperazine rings is 1. The number of aryl methyl sites for hydroxylation is 1. The third-order valence-electron chi connectivity index (χ3n) is 3.81. The van der Waals surface area contributed by atoms with Crippen LogP contribution in [0.5, 0.6) is 0 Å². The first kappa shape index (κ1) is 11.0. The van der Waals surface area contributed by atoms with Gasteiger partial charge in [-0.25, -0.2) is 4.98 Å². The third-order valence-corrected chi connectivity index (χ3v) is 3.81. The van der Waals surface area contributed by atoms with Crippen LogP contribution in [0.2, 0.25) is 0 Å². The number of hydrogen-bond donors (Lipinski definition) is 1. The average molecular weight is 232 g/mol. The summed E-state index contributed by atoms with van der Waals surface area (Å²) in [6.45, 7) is 9.08. The van der Waals surface area contributed by atoms with E-state index in [1.165, 1.54) is 24.5 Å². The van der Waals surface area contributed by atoms with E-state index in [0.717, 1.165) is 32.2 Å². The number of nitrogens with one attached hydrogen (secondary N) is 1. The van der Waals surface area contributed by atoms with Gasteiger partial charge in [-0.3, -0.25) is 4.90 Å². The lowest BCUT2D eigenvalue weighted by Crippen LogP contribution is -2.63. The molecule has 0 spiro atoms. The summed E-state index contributed by atoms with van der Waals surface area (Å²) >= 11 is 0. The molecule has 4 heteroatoms. The first-order valence-electron chi connectivity index (χ1n) is 6.46. The van der Waals surface area contributed by atoms with E-state index in [0.29, 0.717) is 0 Å². The molecule has 2 aliphatic rings. The Kier molecular flexibility index (Phi) is 2.99. The zero-order valence-electron chi connectivity index (χ0n) is 10.4. The van der Waals surface area contributed by atoms with Crippen molar-refractivity contribution in [3.8, 4) is 0 Å². The third kappa shape index (κ3) is 2.15. The molecule has 4 nitrogen and oxygen atoms in total. The van der Waals surface area contributed by atoms with Gasteiger partial charge in [-0.2, -0.15) is 0 Å². The number of aromatic nitrogens is 1. The Labute approximate surface area is 103 Å². The van der Waals surface area contributed by atoms with Crippen LogP contribution < -0.4 is 10.2 Å². The summed E-state index contributed by atoms with van der Waals surface area (Å²) in [5.74, 6) is 1.17. The molecule has 2 fully saturated rings. The Hall–Kier alpha value is -1.13. The van der Waals surface area contributed by atoms with Gasteiger partial charge in [0.05, 0.1) is 0 Å². The zero-order valence-corrected chi connectivity index (χ0v) is 10.4. The maximum absolute atomic E-state index is 4.47. The van der Waals surface area contributed by atoms with Crippen LogP contribution in [0.1, 0.15) is 5.56 Å². The minimum absolute atomic E-state index is 0.735. The quantitative estimate of drug-likeness (QED) is 0.804. The lowest BCUT2D eigenvalue weighted by Gasteiger charge is -2.47. The highest BCUT2D eigenvalue weighted by Crippen LogP contribution is 2.24. The van der Waals surface area contributed by atoms with Gasteiger partial charge in [0.1, 0.15) is 5.82 Å². The summed E-state index contributed by atoms with van der Waals surface area (Å²) in [6.07, 6.45) is 1.89. The van der Waals surface area contributed by atoms with Crippen LogP contribution in [-0.4, -0.2) is 55.2 Å². The summed E-state index contributed by atoms with van der Waals surface area (Å²) < 4.78 is 0. The summed E-state index contributed by atoms with van der Waals surface area (Å²) in [5.41, 5.74) is 1.28. The lowest BCUT2D eigenvalue weighted by molar-refractivity contribution is 0.147. The smallest absolute Gasteiger partial charge is 0.131 e. The summed E-state index contributed by atoms with van der Waals surface area (Å²) in [4.78, 5) is 9.47. The van der Waals surface area contributed by atoms with E-state index in [-0.39, 0.29) is 0 Å². The van der Waals surface area contributed by atoms with Crippen molar-refractivity contribution >= 4 is 5.82 Å². The molecule has 0 amide bonds. The molecule has 2 saturated heterocycles. The van der Waals surface area contributed by atoms with Crippen LogP contribution >= 0.6 is 0 Å². The van der Waals surface area contributed by atoms with E-state index in [2.05, 4.69) is 33.1 Å². The largest absolute Gasteiger partial charge is 0.353 e. The molecule has 0 atom stereocenters. The Morgan fingerprint density at radius 1 is 1.29 bits per heavy atom. The molecule has 0 unspecified atom stereocenters. The van der Waals surface area contributed by atoms with Crippen molar-refractivity contribution in [2.75, 3.05) is 44.2 Å². The molecule has 3 heterocycles. The molecule has 92 valence electrons. The highest BCUT2D eigenvalue weighted by Gasteiger charge is 2.33. The summed E-state index contributed by atoms with van der Waals surface area (Å²) in [6, 6.07) is 4.88. The van der Waals surface area contributed by atoms with E-state index in [1.54, 1.807) is 0 Å². The Morgan fingerprint density at radius 3 is 2.76 bits per heavy atom. The van der Waals surface area contributed by atoms with Crippen molar-refractivity contribution in [3.05, 3.63) is 23.9 Å². The van der Waals surface area contributed by atoms with E-state index >= 15 is 0 Å². The monoisotopic (exact) mass is 232 g/mol. The van der Waals surface area contributed by atoms with Crippen LogP contribution in [0.25, 0.3) is 0 Å². The predicted octanol–water partition coefficient (Wildman–Crippen LogP) is 0.484. The van der Waals surface area contributed by atoms with Crippen LogP contribution in [0.4, 0.5) is 5.82 Å². The fraction of sp³-hybridized carbons (Fsp3) is 0.615. The van der Waals surface area contributed by atoms with Gasteiger partial charge in [-0.1, -0.05) is 6.07 Å². The second-order valence-corrected chi connectivity index (χ2v) is 4.99. The molecule has 17 heavy (non-hydrogen) atoms. The molecule has 0 aliphatic carbocycles. The second kappa shape index (κ2) is 4.63.